The van der Waals surface area contributed by atoms with Crippen molar-refractivity contribution in [2.75, 3.05) is 39.3 Å². The van der Waals surface area contributed by atoms with Crippen molar-refractivity contribution in [1.82, 2.24) is 15.2 Å². The lowest BCUT2D eigenvalue weighted by atomic mass is 10.1. The molecular weight excluding hydrogens is 414 g/mol. The lowest BCUT2D eigenvalue weighted by molar-refractivity contribution is 0.103. The van der Waals surface area contributed by atoms with Gasteiger partial charge in [0.15, 0.2) is 0 Å². The normalized spacial score (nSPS) is 14.3. The van der Waals surface area contributed by atoms with Gasteiger partial charge in [-0.15, -0.1) is 0 Å². The summed E-state index contributed by atoms with van der Waals surface area (Å²) in [6.45, 7) is 5.66. The van der Waals surface area contributed by atoms with Crippen LogP contribution in [-0.2, 0) is 0 Å². The highest BCUT2D eigenvalue weighted by Crippen LogP contribution is 2.28. The summed E-state index contributed by atoms with van der Waals surface area (Å²) in [5.74, 6) is 2.18. The molecule has 6 heteroatoms. The van der Waals surface area contributed by atoms with Gasteiger partial charge in [0.2, 0.25) is 5.78 Å². The average Bonchev–Trinajstić information content (AvgIpc) is 3.31. The molecule has 0 aliphatic carbocycles. The first kappa shape index (κ1) is 21.2. The number of benzene rings is 3. The third kappa shape index (κ3) is 5.08. The first-order chi connectivity index (χ1) is 16.3. The molecule has 0 amide bonds. The minimum atomic E-state index is -0.0655. The largest absolute Gasteiger partial charge is 0.492 e. The minimum Gasteiger partial charge on any atom is -0.492 e. The molecule has 1 aliphatic rings. The number of piperazine rings is 1. The fourth-order valence-corrected chi connectivity index (χ4v) is 4.05. The van der Waals surface area contributed by atoms with E-state index in [2.05, 4.69) is 15.2 Å². The molecule has 3 aromatic carbocycles. The quantitative estimate of drug-likeness (QED) is 0.395. The highest BCUT2D eigenvalue weighted by molar-refractivity contribution is 6.10. The highest BCUT2D eigenvalue weighted by Gasteiger charge is 2.15. The zero-order valence-electron chi connectivity index (χ0n) is 18.4. The molecule has 5 rings (SSSR count). The number of nitrogens with one attached hydrogen (secondary N) is 2. The molecule has 0 saturated carbocycles. The van der Waals surface area contributed by atoms with Gasteiger partial charge < -0.3 is 19.8 Å². The lowest BCUT2D eigenvalue weighted by Crippen LogP contribution is -2.44. The van der Waals surface area contributed by atoms with E-state index < -0.39 is 0 Å². The molecule has 0 atom stereocenters. The molecule has 33 heavy (non-hydrogen) atoms. The van der Waals surface area contributed by atoms with Gasteiger partial charge in [-0.1, -0.05) is 24.3 Å². The van der Waals surface area contributed by atoms with E-state index in [1.54, 1.807) is 12.1 Å². The molecule has 0 bridgehead atoms. The van der Waals surface area contributed by atoms with Gasteiger partial charge in [-0.25, -0.2) is 0 Å². The van der Waals surface area contributed by atoms with Crippen LogP contribution in [0.25, 0.3) is 10.9 Å². The van der Waals surface area contributed by atoms with E-state index in [-0.39, 0.29) is 5.78 Å². The molecule has 168 valence electrons. The van der Waals surface area contributed by atoms with Crippen molar-refractivity contribution in [3.63, 3.8) is 0 Å². The monoisotopic (exact) mass is 441 g/mol. The third-order valence-corrected chi connectivity index (χ3v) is 5.84. The van der Waals surface area contributed by atoms with Crippen LogP contribution >= 0.6 is 0 Å². The number of fused-ring (bicyclic) bond motifs is 1. The van der Waals surface area contributed by atoms with Gasteiger partial charge in [0.05, 0.1) is 5.69 Å². The average molecular weight is 442 g/mol. The van der Waals surface area contributed by atoms with Crippen molar-refractivity contribution in [2.24, 2.45) is 0 Å². The summed E-state index contributed by atoms with van der Waals surface area (Å²) in [6, 6.07) is 24.5. The second-order valence-electron chi connectivity index (χ2n) is 8.11. The predicted molar refractivity (Wildman–Crippen MR) is 129 cm³/mol. The van der Waals surface area contributed by atoms with Crippen LogP contribution in [0, 0.1) is 0 Å². The number of nitrogens with zero attached hydrogens (tertiary/aromatic N) is 1. The van der Waals surface area contributed by atoms with Crippen molar-refractivity contribution in [3.8, 4) is 17.2 Å². The molecule has 1 saturated heterocycles. The van der Waals surface area contributed by atoms with Crippen LogP contribution < -0.4 is 14.8 Å². The van der Waals surface area contributed by atoms with Crippen LogP contribution in [0.5, 0.6) is 17.2 Å². The lowest BCUT2D eigenvalue weighted by Gasteiger charge is -2.26. The maximum atomic E-state index is 13.1. The van der Waals surface area contributed by atoms with Crippen molar-refractivity contribution in [1.29, 1.82) is 0 Å². The second-order valence-corrected chi connectivity index (χ2v) is 8.11. The fourth-order valence-electron chi connectivity index (χ4n) is 4.05. The molecule has 0 radical (unpaired) electrons. The smallest absolute Gasteiger partial charge is 0.209 e. The Morgan fingerprint density at radius 1 is 0.879 bits per heavy atom. The Hall–Kier alpha value is -3.61. The van der Waals surface area contributed by atoms with E-state index >= 15 is 0 Å². The van der Waals surface area contributed by atoms with Crippen molar-refractivity contribution in [3.05, 3.63) is 90.1 Å². The predicted octanol–water partition coefficient (Wildman–Crippen LogP) is 4.48. The SMILES string of the molecule is O=C(c1ccc(Oc2ccccc2)cc1)c1cc2c(OCCN3CCNCC3)cccc2[nH]1. The maximum Gasteiger partial charge on any atom is 0.209 e. The summed E-state index contributed by atoms with van der Waals surface area (Å²) in [6.07, 6.45) is 0. The third-order valence-electron chi connectivity index (χ3n) is 5.84. The number of para-hydroxylation sites is 1. The van der Waals surface area contributed by atoms with Gasteiger partial charge in [-0.05, 0) is 54.6 Å². The highest BCUT2D eigenvalue weighted by atomic mass is 16.5. The molecule has 0 spiro atoms. The summed E-state index contributed by atoms with van der Waals surface area (Å²) in [4.78, 5) is 18.7. The molecule has 6 nitrogen and oxygen atoms in total. The molecule has 1 aliphatic heterocycles. The molecule has 4 aromatic rings. The number of rotatable bonds is 8. The van der Waals surface area contributed by atoms with E-state index in [9.17, 15) is 4.79 Å². The summed E-state index contributed by atoms with van der Waals surface area (Å²) in [7, 11) is 0. The van der Waals surface area contributed by atoms with Crippen molar-refractivity contribution < 1.29 is 14.3 Å². The van der Waals surface area contributed by atoms with E-state index in [0.717, 1.165) is 55.1 Å². The summed E-state index contributed by atoms with van der Waals surface area (Å²) >= 11 is 0. The number of hydrogen-bond acceptors (Lipinski definition) is 5. The van der Waals surface area contributed by atoms with Gasteiger partial charge in [0.25, 0.3) is 0 Å². The van der Waals surface area contributed by atoms with Crippen molar-refractivity contribution in [2.45, 2.75) is 0 Å². The number of hydrogen-bond donors (Lipinski definition) is 2. The Morgan fingerprint density at radius 2 is 1.64 bits per heavy atom. The Bertz CT molecular complexity index is 1210. The molecule has 0 unspecified atom stereocenters. The van der Waals surface area contributed by atoms with Crippen LogP contribution in [0.1, 0.15) is 16.1 Å². The van der Waals surface area contributed by atoms with Crippen LogP contribution in [0.15, 0.2) is 78.9 Å². The number of ether oxygens (including phenoxy) is 2. The molecule has 2 N–H and O–H groups in total. The van der Waals surface area contributed by atoms with E-state index in [1.165, 1.54) is 0 Å². The first-order valence-electron chi connectivity index (χ1n) is 11.3. The fraction of sp³-hybridized carbons (Fsp3) is 0.222. The van der Waals surface area contributed by atoms with Gasteiger partial charge in [-0.3, -0.25) is 9.69 Å². The van der Waals surface area contributed by atoms with Gasteiger partial charge >= 0.3 is 0 Å². The number of carbonyl (C=O) groups is 1. The second kappa shape index (κ2) is 9.90. The van der Waals surface area contributed by atoms with Gasteiger partial charge in [-0.2, -0.15) is 0 Å². The number of carbonyl (C=O) groups excluding carboxylic acids is 1. The Kier molecular flexibility index (Phi) is 6.37. The molecule has 1 aromatic heterocycles. The zero-order valence-corrected chi connectivity index (χ0v) is 18.4. The first-order valence-corrected chi connectivity index (χ1v) is 11.3. The Morgan fingerprint density at radius 3 is 2.42 bits per heavy atom. The van der Waals surface area contributed by atoms with Crippen LogP contribution in [0.4, 0.5) is 0 Å². The number of H-pyrrole nitrogens is 1. The summed E-state index contributed by atoms with van der Waals surface area (Å²) in [5, 5.41) is 4.28. The number of aromatic nitrogens is 1. The molecule has 2 heterocycles. The van der Waals surface area contributed by atoms with Gasteiger partial charge in [0.1, 0.15) is 23.9 Å². The van der Waals surface area contributed by atoms with Crippen LogP contribution in [0.3, 0.4) is 0 Å². The standard InChI is InChI=1S/C27H27N3O3/c31-27(20-9-11-22(12-10-20)33-21-5-2-1-3-6-21)25-19-23-24(29-25)7-4-8-26(23)32-18-17-30-15-13-28-14-16-30/h1-12,19,28-29H,13-18H2. The van der Waals surface area contributed by atoms with Crippen LogP contribution in [0.2, 0.25) is 0 Å². The van der Waals surface area contributed by atoms with Crippen molar-refractivity contribution >= 4 is 16.7 Å². The maximum absolute atomic E-state index is 13.1. The summed E-state index contributed by atoms with van der Waals surface area (Å²) in [5.41, 5.74) is 2.03. The molecular formula is C27H27N3O3. The topological polar surface area (TPSA) is 66.6 Å². The van der Waals surface area contributed by atoms with E-state index in [4.69, 9.17) is 9.47 Å². The number of ketones is 1. The van der Waals surface area contributed by atoms with E-state index in [0.29, 0.717) is 23.6 Å². The zero-order chi connectivity index (χ0) is 22.5. The summed E-state index contributed by atoms with van der Waals surface area (Å²) < 4.78 is 11.9. The van der Waals surface area contributed by atoms with E-state index in [1.807, 2.05) is 66.7 Å². The minimum absolute atomic E-state index is 0.0655. The Labute approximate surface area is 193 Å². The van der Waals surface area contributed by atoms with Gasteiger partial charge in [0, 0.05) is 49.2 Å². The number of aromatic amines is 1. The molecule has 1 fully saturated rings. The van der Waals surface area contributed by atoms with Crippen LogP contribution in [-0.4, -0.2) is 55.0 Å². The Balaban J connectivity index is 1.27.